The number of nitrogens with one attached hydrogen (secondary N) is 1. The lowest BCUT2D eigenvalue weighted by Gasteiger charge is -2.48. The predicted molar refractivity (Wildman–Crippen MR) is 258 cm³/mol. The van der Waals surface area contributed by atoms with Crippen LogP contribution in [0.1, 0.15) is 102 Å². The molecule has 4 aromatic rings. The van der Waals surface area contributed by atoms with Crippen molar-refractivity contribution >= 4 is 38.0 Å². The van der Waals surface area contributed by atoms with Gasteiger partial charge in [-0.3, -0.25) is 0 Å². The monoisotopic (exact) mass is 1110 g/mol. The summed E-state index contributed by atoms with van der Waals surface area (Å²) in [6.07, 6.45) is -9.73. The summed E-state index contributed by atoms with van der Waals surface area (Å²) in [6, 6.07) is 10.1. The molecule has 3 aliphatic rings. The van der Waals surface area contributed by atoms with E-state index in [-0.39, 0.29) is 68.1 Å². The van der Waals surface area contributed by atoms with E-state index in [9.17, 15) is 60.4 Å². The quantitative estimate of drug-likeness (QED) is 0.118. The first kappa shape index (κ1) is 58.4. The van der Waals surface area contributed by atoms with Gasteiger partial charge in [0.2, 0.25) is 10.0 Å². The van der Waals surface area contributed by atoms with Crippen LogP contribution >= 0.6 is 0 Å². The average Bonchev–Trinajstić information content (AvgIpc) is 3.29. The maximum absolute atomic E-state index is 15.2. The number of rotatable bonds is 10. The fraction of sp³-hybridized carbons (Fsp3) is 0.520. The molecule has 7 atom stereocenters. The van der Waals surface area contributed by atoms with Crippen LogP contribution in [0.25, 0.3) is 0 Å². The molecule has 3 N–H and O–H groups in total. The molecule has 1 heterocycles. The molecule has 1 saturated heterocycles. The lowest BCUT2D eigenvalue weighted by Crippen LogP contribution is -2.58. The van der Waals surface area contributed by atoms with Crippen LogP contribution in [0.2, 0.25) is 18.1 Å². The Labute approximate surface area is 421 Å². The Balaban J connectivity index is 0.000000238. The number of benzene rings is 4. The summed E-state index contributed by atoms with van der Waals surface area (Å²) >= 11 is 0. The van der Waals surface area contributed by atoms with Crippen LogP contribution in [-0.2, 0) is 56.0 Å². The number of fused-ring (bicyclic) bond motifs is 1. The first-order valence-corrected chi connectivity index (χ1v) is 31.0. The van der Waals surface area contributed by atoms with E-state index in [1.165, 1.54) is 0 Å². The molecule has 2 aliphatic carbocycles. The van der Waals surface area contributed by atoms with Gasteiger partial charge in [0.25, 0.3) is 0 Å². The maximum Gasteiger partial charge on any atom is 0.416 e. The normalized spacial score (nSPS) is 26.2. The Hall–Kier alpha value is -3.87. The topological polar surface area (TPSA) is 150 Å². The van der Waals surface area contributed by atoms with E-state index in [1.54, 1.807) is 13.8 Å². The van der Waals surface area contributed by atoms with Crippen molar-refractivity contribution in [2.24, 2.45) is 23.5 Å². The van der Waals surface area contributed by atoms with Crippen LogP contribution in [-0.4, -0.2) is 57.5 Å². The maximum atomic E-state index is 15.2. The van der Waals surface area contributed by atoms with Gasteiger partial charge in [0.05, 0.1) is 26.2 Å². The molecule has 4 aromatic carbocycles. The van der Waals surface area contributed by atoms with Crippen LogP contribution in [0.5, 0.6) is 0 Å². The number of alkyl halides is 6. The second-order valence-electron chi connectivity index (χ2n) is 21.3. The molecule has 404 valence electrons. The first-order chi connectivity index (χ1) is 33.4. The highest BCUT2D eigenvalue weighted by Gasteiger charge is 2.57. The number of halogens is 10. The molecule has 3 fully saturated rings. The highest BCUT2D eigenvalue weighted by molar-refractivity contribution is 7.92. The smallest absolute Gasteiger partial charge is 0.416 e. The van der Waals surface area contributed by atoms with Gasteiger partial charge in [0.15, 0.2) is 28.0 Å². The summed E-state index contributed by atoms with van der Waals surface area (Å²) in [7, 11) is -14.9. The van der Waals surface area contributed by atoms with Gasteiger partial charge in [-0.2, -0.15) is 26.3 Å². The van der Waals surface area contributed by atoms with Gasteiger partial charge >= 0.3 is 12.4 Å². The van der Waals surface area contributed by atoms with Crippen molar-refractivity contribution in [1.29, 1.82) is 0 Å². The molecule has 0 spiro atoms. The van der Waals surface area contributed by atoms with Gasteiger partial charge in [-0.15, -0.1) is 0 Å². The third kappa shape index (κ3) is 11.6. The van der Waals surface area contributed by atoms with Crippen LogP contribution in [0.4, 0.5) is 43.9 Å². The van der Waals surface area contributed by atoms with Crippen LogP contribution in [0.3, 0.4) is 0 Å². The molecule has 0 radical (unpaired) electrons. The Morgan fingerprint density at radius 2 is 1.12 bits per heavy atom. The minimum atomic E-state index is -4.68. The molecule has 23 heteroatoms. The largest absolute Gasteiger partial charge is 0.416 e. The minimum Gasteiger partial charge on any atom is -0.416 e. The molecule has 73 heavy (non-hydrogen) atoms. The highest BCUT2D eigenvalue weighted by Crippen LogP contribution is 2.53. The van der Waals surface area contributed by atoms with Crippen LogP contribution < -0.4 is 10.5 Å². The first-order valence-electron chi connectivity index (χ1n) is 23.6. The van der Waals surface area contributed by atoms with Crippen molar-refractivity contribution < 1.29 is 73.6 Å². The zero-order chi connectivity index (χ0) is 54.7. The van der Waals surface area contributed by atoms with Gasteiger partial charge < -0.3 is 10.2 Å². The van der Waals surface area contributed by atoms with E-state index in [1.807, 2.05) is 13.1 Å². The molecule has 0 bridgehead atoms. The summed E-state index contributed by atoms with van der Waals surface area (Å²) in [6.45, 7) is 13.8. The van der Waals surface area contributed by atoms with Crippen LogP contribution in [0.15, 0.2) is 94.7 Å². The van der Waals surface area contributed by atoms with Crippen molar-refractivity contribution in [2.75, 3.05) is 6.61 Å². The minimum absolute atomic E-state index is 0.0323. The predicted octanol–water partition coefficient (Wildman–Crippen LogP) is 12.0. The fourth-order valence-corrected chi connectivity index (χ4v) is 17.7. The molecule has 0 amide bonds. The second-order valence-corrected chi connectivity index (χ2v) is 32.6. The Morgan fingerprint density at radius 3 is 1.53 bits per heavy atom. The van der Waals surface area contributed by atoms with Crippen molar-refractivity contribution in [3.63, 3.8) is 0 Å². The molecular weight excluding hydrogens is 1050 g/mol. The van der Waals surface area contributed by atoms with Gasteiger partial charge in [0, 0.05) is 29.8 Å². The zero-order valence-electron chi connectivity index (χ0n) is 41.1. The molecule has 1 aliphatic heterocycles. The molecule has 7 rings (SSSR count). The Morgan fingerprint density at radius 1 is 0.699 bits per heavy atom. The van der Waals surface area contributed by atoms with E-state index < -0.39 is 139 Å². The lowest BCUT2D eigenvalue weighted by molar-refractivity contribution is -0.138. The van der Waals surface area contributed by atoms with Crippen molar-refractivity contribution in [1.82, 2.24) is 4.72 Å². The van der Waals surface area contributed by atoms with Crippen molar-refractivity contribution in [3.8, 4) is 0 Å². The Bertz CT molecular complexity index is 2990. The third-order valence-electron chi connectivity index (χ3n) is 15.4. The third-order valence-corrected chi connectivity index (χ3v) is 27.1. The molecule has 0 aromatic heterocycles. The number of hydrogen-bond acceptors (Lipinski definition) is 8. The highest BCUT2D eigenvalue weighted by atomic mass is 32.2. The summed E-state index contributed by atoms with van der Waals surface area (Å²) in [5, 5.41) is -0.926. The molecule has 9 nitrogen and oxygen atoms in total. The van der Waals surface area contributed by atoms with Gasteiger partial charge in [-0.25, -0.2) is 47.5 Å². The summed E-state index contributed by atoms with van der Waals surface area (Å²) in [5.74, 6) is -4.84. The standard InChI is InChI=1S/C26H34F5NO3SSi.C24H26F5NO4S2/c1-24(2,3)37(4,5)35-16-17-15-25(13-12-23(17)32,21-14-19(27)8-11-22(21)28)36(33,34)20-9-6-18(7-10-20)26(29,30)31;1-14(2)22-11-15-13-23(10-9-21(15)30-36(22,33)34,19-12-17(25)5-8-20(19)26)35(31,32)18-6-3-16(4-7-18)24(27,28)29/h6-11,14,17,23H,12-13,15-16,32H2,1-5H3;3-8,12,14-15,21-22,30H,9-11,13H2,1-2H3/t17-,23-,25+;15-,21+,22-,23-/m01/s1. The second kappa shape index (κ2) is 20.6. The van der Waals surface area contributed by atoms with E-state index in [4.69, 9.17) is 10.2 Å². The van der Waals surface area contributed by atoms with Gasteiger partial charge in [-0.05, 0) is 166 Å². The van der Waals surface area contributed by atoms with Crippen molar-refractivity contribution in [3.05, 3.63) is 130 Å². The SMILES string of the molecule is CC(C)(C)[Si](C)(C)OC[C@@H]1C[C@](c2cc(F)ccc2F)(S(=O)(=O)c2ccc(C(F)(F)F)cc2)CC[C@@H]1N.CC(C)[C@H]1C[C@@H]2C[C@](c3cc(F)ccc3F)(S(=O)(=O)c3ccc(C(F)(F)F)cc3)CC[C@@H]2NS1(=O)=O. The number of sulfone groups is 2. The molecular formula is C50H60F10N2O7S3Si. The van der Waals surface area contributed by atoms with E-state index in [0.29, 0.717) is 24.3 Å². The van der Waals surface area contributed by atoms with Crippen molar-refractivity contribution in [2.45, 2.75) is 147 Å². The van der Waals surface area contributed by atoms with Crippen LogP contribution in [0, 0.1) is 41.0 Å². The van der Waals surface area contributed by atoms with E-state index in [0.717, 1.165) is 60.7 Å². The zero-order valence-corrected chi connectivity index (χ0v) is 44.6. The number of sulfonamides is 1. The Kier molecular flexibility index (Phi) is 16.5. The van der Waals surface area contributed by atoms with Gasteiger partial charge in [-0.1, -0.05) is 34.6 Å². The lowest BCUT2D eigenvalue weighted by atomic mass is 9.72. The van der Waals surface area contributed by atoms with E-state index in [2.05, 4.69) is 25.5 Å². The summed E-state index contributed by atoms with van der Waals surface area (Å²) in [5.41, 5.74) is 3.57. The number of hydrogen-bond donors (Lipinski definition) is 2. The summed E-state index contributed by atoms with van der Waals surface area (Å²) in [4.78, 5) is -0.849. The molecule has 2 saturated carbocycles. The fourth-order valence-electron chi connectivity index (χ4n) is 10.1. The van der Waals surface area contributed by atoms with Gasteiger partial charge in [0.1, 0.15) is 32.8 Å². The average molecular weight is 1120 g/mol. The molecule has 0 unspecified atom stereocenters. The number of nitrogens with two attached hydrogens (primary N) is 1. The van der Waals surface area contributed by atoms with E-state index >= 15 is 8.78 Å². The summed E-state index contributed by atoms with van der Waals surface area (Å²) < 4.78 is 224.